The fourth-order valence-corrected chi connectivity index (χ4v) is 3.00. The number of nitrogens with one attached hydrogen (secondary N) is 2. The Kier molecular flexibility index (Phi) is 5.28. The lowest BCUT2D eigenvalue weighted by Gasteiger charge is -2.11. The van der Waals surface area contributed by atoms with Gasteiger partial charge in [-0.25, -0.2) is 0 Å². The Bertz CT molecular complexity index is 448. The molecular formula is C15H22N2OS. The van der Waals surface area contributed by atoms with Crippen molar-refractivity contribution in [3.63, 3.8) is 0 Å². The highest BCUT2D eigenvalue weighted by Crippen LogP contribution is 2.27. The van der Waals surface area contributed by atoms with Gasteiger partial charge in [0.05, 0.1) is 5.75 Å². The van der Waals surface area contributed by atoms with Gasteiger partial charge in [0, 0.05) is 17.5 Å². The predicted octanol–water partition coefficient (Wildman–Crippen LogP) is 1.99. The summed E-state index contributed by atoms with van der Waals surface area (Å²) in [6.07, 6.45) is 3.67. The Labute approximate surface area is 119 Å². The molecule has 0 heterocycles. The van der Waals surface area contributed by atoms with Gasteiger partial charge in [-0.3, -0.25) is 4.79 Å². The molecule has 0 fully saturated rings. The number of carbonyl (C=O) groups is 1. The van der Waals surface area contributed by atoms with Crippen LogP contribution < -0.4 is 10.6 Å². The molecule has 1 aromatic rings. The Hall–Kier alpha value is -1.00. The lowest BCUT2D eigenvalue weighted by Crippen LogP contribution is -2.37. The summed E-state index contributed by atoms with van der Waals surface area (Å²) in [5.41, 5.74) is 2.95. The zero-order chi connectivity index (χ0) is 13.7. The summed E-state index contributed by atoms with van der Waals surface area (Å²) in [7, 11) is 1.90. The number of fused-ring (bicyclic) bond motifs is 1. The number of hydrogen-bond donors (Lipinski definition) is 2. The van der Waals surface area contributed by atoms with Crippen LogP contribution in [0.15, 0.2) is 23.1 Å². The molecule has 1 aliphatic rings. The fraction of sp³-hybridized carbons (Fsp3) is 0.533. The third-order valence-corrected chi connectivity index (χ3v) is 4.53. The number of likely N-dealkylation sites (N-methyl/N-ethyl adjacent to an activating group) is 1. The molecule has 2 N–H and O–H groups in total. The largest absolute Gasteiger partial charge is 0.354 e. The SMILES string of the molecule is CNC(C)CNC(=O)CSc1ccc2c(c1)CCC2. The van der Waals surface area contributed by atoms with Crippen LogP contribution in [0, 0.1) is 0 Å². The molecule has 0 bridgehead atoms. The van der Waals surface area contributed by atoms with E-state index < -0.39 is 0 Å². The van der Waals surface area contributed by atoms with Crippen LogP contribution in [0.2, 0.25) is 0 Å². The van der Waals surface area contributed by atoms with Gasteiger partial charge in [-0.15, -0.1) is 11.8 Å². The molecule has 0 spiro atoms. The highest BCUT2D eigenvalue weighted by atomic mass is 32.2. The predicted molar refractivity (Wildman–Crippen MR) is 80.7 cm³/mol. The standard InChI is InChI=1S/C15H22N2OS/c1-11(16-2)9-17-15(18)10-19-14-7-6-12-4-3-5-13(12)8-14/h6-8,11,16H,3-5,9-10H2,1-2H3,(H,17,18). The Morgan fingerprint density at radius 1 is 1.37 bits per heavy atom. The maximum absolute atomic E-state index is 11.7. The molecule has 0 aliphatic heterocycles. The number of benzene rings is 1. The van der Waals surface area contributed by atoms with Crippen LogP contribution in [0.4, 0.5) is 0 Å². The van der Waals surface area contributed by atoms with Crippen LogP contribution in [0.5, 0.6) is 0 Å². The molecule has 1 amide bonds. The average Bonchev–Trinajstić information content (AvgIpc) is 2.89. The van der Waals surface area contributed by atoms with Gasteiger partial charge in [0.15, 0.2) is 0 Å². The number of amides is 1. The van der Waals surface area contributed by atoms with Crippen molar-refractivity contribution in [1.29, 1.82) is 0 Å². The first-order chi connectivity index (χ1) is 9.19. The summed E-state index contributed by atoms with van der Waals surface area (Å²) < 4.78 is 0. The second kappa shape index (κ2) is 6.96. The van der Waals surface area contributed by atoms with E-state index in [0.717, 1.165) is 0 Å². The quantitative estimate of drug-likeness (QED) is 0.782. The van der Waals surface area contributed by atoms with Crippen molar-refractivity contribution in [2.75, 3.05) is 19.3 Å². The van der Waals surface area contributed by atoms with E-state index in [-0.39, 0.29) is 5.91 Å². The van der Waals surface area contributed by atoms with Crippen LogP contribution in [-0.2, 0) is 17.6 Å². The van der Waals surface area contributed by atoms with Crippen molar-refractivity contribution in [3.8, 4) is 0 Å². The molecule has 1 aromatic carbocycles. The highest BCUT2D eigenvalue weighted by Gasteiger charge is 2.11. The molecule has 2 rings (SSSR count). The lowest BCUT2D eigenvalue weighted by molar-refractivity contribution is -0.118. The second-order valence-corrected chi connectivity index (χ2v) is 6.12. The molecule has 0 aromatic heterocycles. The Morgan fingerprint density at radius 2 is 2.16 bits per heavy atom. The molecule has 1 aliphatic carbocycles. The normalized spacial score (nSPS) is 15.1. The fourth-order valence-electron chi connectivity index (χ4n) is 2.21. The van der Waals surface area contributed by atoms with Crippen molar-refractivity contribution in [2.45, 2.75) is 37.1 Å². The molecule has 0 radical (unpaired) electrons. The molecule has 3 nitrogen and oxygen atoms in total. The van der Waals surface area contributed by atoms with E-state index in [9.17, 15) is 4.79 Å². The second-order valence-electron chi connectivity index (χ2n) is 5.07. The molecular weight excluding hydrogens is 256 g/mol. The first kappa shape index (κ1) is 14.4. The number of carbonyl (C=O) groups excluding carboxylic acids is 1. The van der Waals surface area contributed by atoms with Crippen molar-refractivity contribution in [3.05, 3.63) is 29.3 Å². The van der Waals surface area contributed by atoms with Gasteiger partial charge in [-0.05, 0) is 56.5 Å². The van der Waals surface area contributed by atoms with Crippen LogP contribution >= 0.6 is 11.8 Å². The van der Waals surface area contributed by atoms with Crippen molar-refractivity contribution in [2.24, 2.45) is 0 Å². The molecule has 1 unspecified atom stereocenters. The first-order valence-corrected chi connectivity index (χ1v) is 7.86. The van der Waals surface area contributed by atoms with Crippen LogP contribution in [0.3, 0.4) is 0 Å². The number of thioether (sulfide) groups is 1. The van der Waals surface area contributed by atoms with E-state index in [1.54, 1.807) is 11.8 Å². The van der Waals surface area contributed by atoms with E-state index in [1.807, 2.05) is 14.0 Å². The molecule has 104 valence electrons. The number of hydrogen-bond acceptors (Lipinski definition) is 3. The minimum atomic E-state index is 0.104. The van der Waals surface area contributed by atoms with Gasteiger partial charge in [0.25, 0.3) is 0 Å². The van der Waals surface area contributed by atoms with E-state index >= 15 is 0 Å². The average molecular weight is 278 g/mol. The summed E-state index contributed by atoms with van der Waals surface area (Å²) >= 11 is 1.62. The summed E-state index contributed by atoms with van der Waals surface area (Å²) in [5, 5.41) is 6.03. The molecule has 0 saturated carbocycles. The zero-order valence-corrected chi connectivity index (χ0v) is 12.5. The van der Waals surface area contributed by atoms with Gasteiger partial charge >= 0.3 is 0 Å². The van der Waals surface area contributed by atoms with Gasteiger partial charge in [0.1, 0.15) is 0 Å². The Morgan fingerprint density at radius 3 is 2.95 bits per heavy atom. The van der Waals surface area contributed by atoms with Crippen LogP contribution in [-0.4, -0.2) is 31.3 Å². The molecule has 0 saturated heterocycles. The summed E-state index contributed by atoms with van der Waals surface area (Å²) in [6.45, 7) is 2.73. The van der Waals surface area contributed by atoms with Gasteiger partial charge in [-0.2, -0.15) is 0 Å². The molecule has 4 heteroatoms. The van der Waals surface area contributed by atoms with Gasteiger partial charge in [0.2, 0.25) is 5.91 Å². The van der Waals surface area contributed by atoms with Crippen molar-refractivity contribution < 1.29 is 4.79 Å². The third-order valence-electron chi connectivity index (χ3n) is 3.54. The molecule has 19 heavy (non-hydrogen) atoms. The zero-order valence-electron chi connectivity index (χ0n) is 11.7. The van der Waals surface area contributed by atoms with Gasteiger partial charge < -0.3 is 10.6 Å². The monoisotopic (exact) mass is 278 g/mol. The van der Waals surface area contributed by atoms with Crippen molar-refractivity contribution in [1.82, 2.24) is 10.6 Å². The van der Waals surface area contributed by atoms with Crippen LogP contribution in [0.1, 0.15) is 24.5 Å². The first-order valence-electron chi connectivity index (χ1n) is 6.87. The minimum absolute atomic E-state index is 0.104. The topological polar surface area (TPSA) is 41.1 Å². The van der Waals surface area contributed by atoms with Gasteiger partial charge in [-0.1, -0.05) is 6.07 Å². The Balaban J connectivity index is 1.77. The number of aryl methyl sites for hydroxylation is 2. The lowest BCUT2D eigenvalue weighted by atomic mass is 10.1. The number of rotatable bonds is 6. The summed E-state index contributed by atoms with van der Waals surface area (Å²) in [5.74, 6) is 0.600. The summed E-state index contributed by atoms with van der Waals surface area (Å²) in [4.78, 5) is 12.9. The maximum atomic E-state index is 11.7. The van der Waals surface area contributed by atoms with Crippen molar-refractivity contribution >= 4 is 17.7 Å². The van der Waals surface area contributed by atoms with Crippen LogP contribution in [0.25, 0.3) is 0 Å². The van der Waals surface area contributed by atoms with E-state index in [0.29, 0.717) is 18.3 Å². The van der Waals surface area contributed by atoms with E-state index in [1.165, 1.54) is 35.3 Å². The van der Waals surface area contributed by atoms with E-state index in [4.69, 9.17) is 0 Å². The summed E-state index contributed by atoms with van der Waals surface area (Å²) in [6, 6.07) is 6.91. The molecule has 1 atom stereocenters. The minimum Gasteiger partial charge on any atom is -0.354 e. The van der Waals surface area contributed by atoms with E-state index in [2.05, 4.69) is 28.8 Å². The smallest absolute Gasteiger partial charge is 0.230 e. The highest BCUT2D eigenvalue weighted by molar-refractivity contribution is 8.00. The third kappa shape index (κ3) is 4.25. The maximum Gasteiger partial charge on any atom is 0.230 e.